The Morgan fingerprint density at radius 3 is 2.89 bits per heavy atom. The third-order valence-corrected chi connectivity index (χ3v) is 3.87. The predicted octanol–water partition coefficient (Wildman–Crippen LogP) is 1.48. The summed E-state index contributed by atoms with van der Waals surface area (Å²) in [6.45, 7) is 5.08. The van der Waals surface area contributed by atoms with Crippen molar-refractivity contribution in [3.05, 3.63) is 0 Å². The fourth-order valence-electron chi connectivity index (χ4n) is 2.75. The van der Waals surface area contributed by atoms with Gasteiger partial charge in [-0.05, 0) is 51.6 Å². The summed E-state index contributed by atoms with van der Waals surface area (Å²) in [5.41, 5.74) is 0. The van der Waals surface area contributed by atoms with Crippen molar-refractivity contribution in [1.29, 1.82) is 0 Å². The van der Waals surface area contributed by atoms with E-state index in [2.05, 4.69) is 17.6 Å². The highest BCUT2D eigenvalue weighted by Gasteiger charge is 2.23. The van der Waals surface area contributed by atoms with Crippen LogP contribution in [0.15, 0.2) is 0 Å². The quantitative estimate of drug-likeness (QED) is 0.818. The molecule has 0 radical (unpaired) electrons. The van der Waals surface area contributed by atoms with Crippen molar-refractivity contribution < 1.29 is 9.53 Å². The summed E-state index contributed by atoms with van der Waals surface area (Å²) in [4.78, 5) is 11.8. The van der Waals surface area contributed by atoms with Crippen LogP contribution in [0.25, 0.3) is 0 Å². The zero-order valence-corrected chi connectivity index (χ0v) is 11.9. The van der Waals surface area contributed by atoms with Crippen LogP contribution in [0, 0.1) is 5.92 Å². The zero-order valence-electron chi connectivity index (χ0n) is 11.1. The summed E-state index contributed by atoms with van der Waals surface area (Å²) in [7, 11) is 0. The molecule has 2 heterocycles. The SMILES string of the molecule is CC(NC(=O)CC1CCCO1)C1CCCNC1.Cl. The molecule has 18 heavy (non-hydrogen) atoms. The average molecular weight is 277 g/mol. The number of carbonyl (C=O) groups excluding carboxylic acids is 1. The molecule has 2 saturated heterocycles. The van der Waals surface area contributed by atoms with Crippen molar-refractivity contribution in [2.75, 3.05) is 19.7 Å². The Morgan fingerprint density at radius 2 is 2.28 bits per heavy atom. The summed E-state index contributed by atoms with van der Waals surface area (Å²) < 4.78 is 5.48. The van der Waals surface area contributed by atoms with Gasteiger partial charge in [0.1, 0.15) is 0 Å². The first-order chi connectivity index (χ1) is 8.25. The van der Waals surface area contributed by atoms with Gasteiger partial charge in [0.05, 0.1) is 12.5 Å². The lowest BCUT2D eigenvalue weighted by Gasteiger charge is -2.29. The van der Waals surface area contributed by atoms with Crippen molar-refractivity contribution in [2.45, 2.75) is 51.2 Å². The number of ether oxygens (including phenoxy) is 1. The van der Waals surface area contributed by atoms with E-state index in [1.807, 2.05) is 0 Å². The second kappa shape index (κ2) is 7.97. The van der Waals surface area contributed by atoms with Gasteiger partial charge in [-0.1, -0.05) is 0 Å². The predicted molar refractivity (Wildman–Crippen MR) is 74.0 cm³/mol. The van der Waals surface area contributed by atoms with Gasteiger partial charge in [0.2, 0.25) is 5.91 Å². The average Bonchev–Trinajstić information content (AvgIpc) is 2.82. The third-order valence-electron chi connectivity index (χ3n) is 3.87. The van der Waals surface area contributed by atoms with Crippen molar-refractivity contribution in [3.63, 3.8) is 0 Å². The molecule has 3 unspecified atom stereocenters. The van der Waals surface area contributed by atoms with Crippen LogP contribution >= 0.6 is 12.4 Å². The summed E-state index contributed by atoms with van der Waals surface area (Å²) in [5.74, 6) is 0.729. The second-order valence-electron chi connectivity index (χ2n) is 5.30. The molecule has 3 atom stereocenters. The monoisotopic (exact) mass is 276 g/mol. The smallest absolute Gasteiger partial charge is 0.222 e. The van der Waals surface area contributed by atoms with Crippen LogP contribution in [0.1, 0.15) is 39.0 Å². The number of rotatable bonds is 4. The lowest BCUT2D eigenvalue weighted by atomic mass is 9.92. The minimum absolute atomic E-state index is 0. The van der Waals surface area contributed by atoms with Gasteiger partial charge in [0, 0.05) is 12.6 Å². The summed E-state index contributed by atoms with van der Waals surface area (Å²) in [6, 6.07) is 0.275. The molecule has 0 bridgehead atoms. The van der Waals surface area contributed by atoms with E-state index in [0.29, 0.717) is 12.3 Å². The van der Waals surface area contributed by atoms with Crippen molar-refractivity contribution in [3.8, 4) is 0 Å². The number of hydrogen-bond donors (Lipinski definition) is 2. The van der Waals surface area contributed by atoms with Gasteiger partial charge < -0.3 is 15.4 Å². The van der Waals surface area contributed by atoms with E-state index in [4.69, 9.17) is 4.74 Å². The molecule has 0 spiro atoms. The third kappa shape index (κ3) is 4.75. The van der Waals surface area contributed by atoms with Crippen molar-refractivity contribution in [1.82, 2.24) is 10.6 Å². The lowest BCUT2D eigenvalue weighted by Crippen LogP contribution is -2.45. The lowest BCUT2D eigenvalue weighted by molar-refractivity contribution is -0.124. The number of carbonyl (C=O) groups is 1. The molecule has 0 aromatic heterocycles. The van der Waals surface area contributed by atoms with Gasteiger partial charge in [-0.3, -0.25) is 4.79 Å². The largest absolute Gasteiger partial charge is 0.378 e. The first kappa shape index (κ1) is 15.7. The molecule has 0 saturated carbocycles. The highest BCUT2D eigenvalue weighted by atomic mass is 35.5. The summed E-state index contributed by atoms with van der Waals surface area (Å²) in [6.07, 6.45) is 5.26. The molecule has 4 nitrogen and oxygen atoms in total. The van der Waals surface area contributed by atoms with Crippen LogP contribution in [0.4, 0.5) is 0 Å². The van der Waals surface area contributed by atoms with Crippen LogP contribution < -0.4 is 10.6 Å². The number of nitrogens with one attached hydrogen (secondary N) is 2. The Labute approximate surface area is 116 Å². The van der Waals surface area contributed by atoms with E-state index < -0.39 is 0 Å². The first-order valence-electron chi connectivity index (χ1n) is 6.87. The van der Waals surface area contributed by atoms with Gasteiger partial charge >= 0.3 is 0 Å². The maximum atomic E-state index is 11.8. The standard InChI is InChI=1S/C13H24N2O2.ClH/c1-10(11-4-2-6-14-9-11)15-13(16)8-12-5-3-7-17-12;/h10-12,14H,2-9H2,1H3,(H,15,16);1H. The van der Waals surface area contributed by atoms with Crippen molar-refractivity contribution >= 4 is 18.3 Å². The first-order valence-corrected chi connectivity index (χ1v) is 6.87. The molecule has 2 rings (SSSR count). The maximum Gasteiger partial charge on any atom is 0.222 e. The van der Waals surface area contributed by atoms with E-state index >= 15 is 0 Å². The molecule has 2 aliphatic rings. The van der Waals surface area contributed by atoms with Gasteiger partial charge in [0.25, 0.3) is 0 Å². The summed E-state index contributed by atoms with van der Waals surface area (Å²) >= 11 is 0. The minimum atomic E-state index is 0. The van der Waals surface area contributed by atoms with Gasteiger partial charge in [-0.2, -0.15) is 0 Å². The molecule has 2 aliphatic heterocycles. The molecular formula is C13H25ClN2O2. The Balaban J connectivity index is 0.00000162. The maximum absolute atomic E-state index is 11.8. The molecule has 0 aromatic carbocycles. The molecule has 2 fully saturated rings. The molecule has 1 amide bonds. The minimum Gasteiger partial charge on any atom is -0.378 e. The molecule has 106 valence electrons. The fourth-order valence-corrected chi connectivity index (χ4v) is 2.75. The van der Waals surface area contributed by atoms with E-state index in [-0.39, 0.29) is 30.5 Å². The zero-order chi connectivity index (χ0) is 12.1. The molecule has 0 aliphatic carbocycles. The Hall–Kier alpha value is -0.320. The number of amides is 1. The van der Waals surface area contributed by atoms with Crippen LogP contribution in [-0.2, 0) is 9.53 Å². The molecule has 2 N–H and O–H groups in total. The van der Waals surface area contributed by atoms with Gasteiger partial charge in [0.15, 0.2) is 0 Å². The van der Waals surface area contributed by atoms with Crippen LogP contribution in [0.2, 0.25) is 0 Å². The van der Waals surface area contributed by atoms with Crippen LogP contribution in [0.3, 0.4) is 0 Å². The Bertz CT molecular complexity index is 251. The van der Waals surface area contributed by atoms with Crippen LogP contribution in [-0.4, -0.2) is 37.7 Å². The normalized spacial score (nSPS) is 29.4. The van der Waals surface area contributed by atoms with E-state index in [1.54, 1.807) is 0 Å². The van der Waals surface area contributed by atoms with Crippen molar-refractivity contribution in [2.24, 2.45) is 5.92 Å². The fraction of sp³-hybridized carbons (Fsp3) is 0.923. The summed E-state index contributed by atoms with van der Waals surface area (Å²) in [5, 5.41) is 6.50. The molecule has 5 heteroatoms. The number of piperidine rings is 1. The van der Waals surface area contributed by atoms with E-state index in [0.717, 1.165) is 32.5 Å². The second-order valence-corrected chi connectivity index (χ2v) is 5.30. The highest BCUT2D eigenvalue weighted by Crippen LogP contribution is 2.17. The Morgan fingerprint density at radius 1 is 1.44 bits per heavy atom. The molecule has 0 aromatic rings. The topological polar surface area (TPSA) is 50.4 Å². The highest BCUT2D eigenvalue weighted by molar-refractivity contribution is 5.85. The van der Waals surface area contributed by atoms with E-state index in [9.17, 15) is 4.79 Å². The Kier molecular flexibility index (Phi) is 6.97. The molecular weight excluding hydrogens is 252 g/mol. The number of hydrogen-bond acceptors (Lipinski definition) is 3. The number of halogens is 1. The van der Waals surface area contributed by atoms with Gasteiger partial charge in [-0.25, -0.2) is 0 Å². The van der Waals surface area contributed by atoms with Gasteiger partial charge in [-0.15, -0.1) is 12.4 Å². The van der Waals surface area contributed by atoms with Crippen LogP contribution in [0.5, 0.6) is 0 Å². The van der Waals surface area contributed by atoms with E-state index in [1.165, 1.54) is 12.8 Å².